The number of esters is 1. The average Bonchev–Trinajstić information content (AvgIpc) is 3.48. The fourth-order valence-electron chi connectivity index (χ4n) is 5.36. The van der Waals surface area contributed by atoms with Gasteiger partial charge in [-0.1, -0.05) is 30.3 Å². The van der Waals surface area contributed by atoms with E-state index in [1.165, 1.54) is 4.90 Å². The van der Waals surface area contributed by atoms with Gasteiger partial charge >= 0.3 is 5.97 Å². The molecule has 1 unspecified atom stereocenters. The fraction of sp³-hybridized carbons (Fsp3) is 0.345. The SMILES string of the molecule is CCN(C(=O)COC(=O)c1c2c(nc3ccccc13)C(=Cc1ccc(OC)cc1)CC2)C1CCS(=O)(=O)C1. The van der Waals surface area contributed by atoms with Crippen LogP contribution in [0.2, 0.25) is 0 Å². The van der Waals surface area contributed by atoms with Crippen LogP contribution >= 0.6 is 0 Å². The van der Waals surface area contributed by atoms with Gasteiger partial charge in [0.15, 0.2) is 16.4 Å². The van der Waals surface area contributed by atoms with Crippen LogP contribution in [0.25, 0.3) is 22.6 Å². The first kappa shape index (κ1) is 25.9. The molecule has 3 aromatic rings. The van der Waals surface area contributed by atoms with Gasteiger partial charge in [0, 0.05) is 18.0 Å². The maximum Gasteiger partial charge on any atom is 0.339 e. The number of carbonyl (C=O) groups is 2. The summed E-state index contributed by atoms with van der Waals surface area (Å²) < 4.78 is 34.6. The molecular formula is C29H30N2O6S. The first-order valence-corrected chi connectivity index (χ1v) is 14.6. The molecule has 2 aliphatic rings. The van der Waals surface area contributed by atoms with Crippen molar-refractivity contribution in [1.29, 1.82) is 0 Å². The topological polar surface area (TPSA) is 103 Å². The highest BCUT2D eigenvalue weighted by atomic mass is 32.2. The summed E-state index contributed by atoms with van der Waals surface area (Å²) in [6.45, 7) is 1.71. The summed E-state index contributed by atoms with van der Waals surface area (Å²) in [6.07, 6.45) is 3.83. The molecule has 5 rings (SSSR count). The summed E-state index contributed by atoms with van der Waals surface area (Å²) in [7, 11) is -1.51. The number of methoxy groups -OCH3 is 1. The number of fused-ring (bicyclic) bond motifs is 2. The van der Waals surface area contributed by atoms with Gasteiger partial charge in [-0.2, -0.15) is 0 Å². The lowest BCUT2D eigenvalue weighted by Gasteiger charge is -2.26. The molecule has 1 aromatic heterocycles. The lowest BCUT2D eigenvalue weighted by Crippen LogP contribution is -2.43. The van der Waals surface area contributed by atoms with Crippen LogP contribution in [0.3, 0.4) is 0 Å². The van der Waals surface area contributed by atoms with E-state index in [4.69, 9.17) is 14.5 Å². The van der Waals surface area contributed by atoms with Gasteiger partial charge in [-0.25, -0.2) is 18.2 Å². The number of allylic oxidation sites excluding steroid dienone is 1. The van der Waals surface area contributed by atoms with Crippen LogP contribution in [-0.2, 0) is 25.8 Å². The number of hydrogen-bond donors (Lipinski definition) is 0. The van der Waals surface area contributed by atoms with Crippen LogP contribution in [0.5, 0.6) is 5.75 Å². The zero-order valence-corrected chi connectivity index (χ0v) is 22.3. The molecule has 1 amide bonds. The zero-order valence-electron chi connectivity index (χ0n) is 21.5. The third kappa shape index (κ3) is 5.15. The molecule has 0 spiro atoms. The highest BCUT2D eigenvalue weighted by Gasteiger charge is 2.34. The van der Waals surface area contributed by atoms with E-state index in [9.17, 15) is 18.0 Å². The monoisotopic (exact) mass is 534 g/mol. The van der Waals surface area contributed by atoms with E-state index < -0.39 is 28.3 Å². The van der Waals surface area contributed by atoms with Crippen molar-refractivity contribution < 1.29 is 27.5 Å². The number of hydrogen-bond acceptors (Lipinski definition) is 7. The third-order valence-corrected chi connectivity index (χ3v) is 8.99. The van der Waals surface area contributed by atoms with E-state index >= 15 is 0 Å². The van der Waals surface area contributed by atoms with Crippen molar-refractivity contribution in [2.24, 2.45) is 0 Å². The van der Waals surface area contributed by atoms with E-state index in [0.717, 1.165) is 34.6 Å². The highest BCUT2D eigenvalue weighted by Crippen LogP contribution is 2.38. The summed E-state index contributed by atoms with van der Waals surface area (Å²) in [6, 6.07) is 14.8. The van der Waals surface area contributed by atoms with E-state index in [1.54, 1.807) is 14.0 Å². The summed E-state index contributed by atoms with van der Waals surface area (Å²) in [5.41, 5.74) is 4.73. The van der Waals surface area contributed by atoms with Crippen molar-refractivity contribution in [3.63, 3.8) is 0 Å². The van der Waals surface area contributed by atoms with Gasteiger partial charge in [-0.3, -0.25) is 4.79 Å². The number of carbonyl (C=O) groups excluding carboxylic acids is 2. The summed E-state index contributed by atoms with van der Waals surface area (Å²) in [4.78, 5) is 32.8. The summed E-state index contributed by atoms with van der Waals surface area (Å²) in [5.74, 6) is -0.166. The van der Waals surface area contributed by atoms with Crippen molar-refractivity contribution in [3.05, 3.63) is 70.9 Å². The minimum absolute atomic E-state index is 0.0493. The normalized spacial score (nSPS) is 18.9. The number of rotatable bonds is 7. The number of likely N-dealkylation sites (N-methyl/N-ethyl adjacent to an activating group) is 1. The average molecular weight is 535 g/mol. The number of aromatic nitrogens is 1. The molecule has 0 N–H and O–H groups in total. The molecule has 1 saturated heterocycles. The molecule has 198 valence electrons. The second-order valence-electron chi connectivity index (χ2n) is 9.59. The Morgan fingerprint density at radius 1 is 1.11 bits per heavy atom. The number of amides is 1. The molecule has 2 aromatic carbocycles. The maximum absolute atomic E-state index is 13.4. The van der Waals surface area contributed by atoms with Crippen molar-refractivity contribution in [2.75, 3.05) is 31.8 Å². The number of para-hydroxylation sites is 1. The number of pyridine rings is 1. The van der Waals surface area contributed by atoms with Crippen LogP contribution in [0.4, 0.5) is 0 Å². The number of nitrogens with zero attached hydrogens (tertiary/aromatic N) is 2. The quantitative estimate of drug-likeness (QED) is 0.423. The van der Waals surface area contributed by atoms with Crippen LogP contribution in [0, 0.1) is 0 Å². The molecule has 38 heavy (non-hydrogen) atoms. The second-order valence-corrected chi connectivity index (χ2v) is 11.8. The molecule has 1 aliphatic heterocycles. The molecule has 8 nitrogen and oxygen atoms in total. The Hall–Kier alpha value is -3.72. The molecule has 1 aliphatic carbocycles. The first-order chi connectivity index (χ1) is 18.3. The Bertz CT molecular complexity index is 1530. The molecule has 0 saturated carbocycles. The van der Waals surface area contributed by atoms with Crippen LogP contribution in [0.1, 0.15) is 46.9 Å². The third-order valence-electron chi connectivity index (χ3n) is 7.24. The number of sulfone groups is 1. The Morgan fingerprint density at radius 3 is 2.55 bits per heavy atom. The first-order valence-electron chi connectivity index (χ1n) is 12.7. The lowest BCUT2D eigenvalue weighted by atomic mass is 10.0. The van der Waals surface area contributed by atoms with Gasteiger partial charge in [-0.15, -0.1) is 0 Å². The second kappa shape index (κ2) is 10.6. The van der Waals surface area contributed by atoms with E-state index in [0.29, 0.717) is 35.9 Å². The van der Waals surface area contributed by atoms with Crippen LogP contribution in [-0.4, -0.2) is 68.0 Å². The van der Waals surface area contributed by atoms with Gasteiger partial charge in [0.05, 0.1) is 35.4 Å². The predicted octanol–water partition coefficient (Wildman–Crippen LogP) is 3.92. The lowest BCUT2D eigenvalue weighted by molar-refractivity contribution is -0.136. The number of benzene rings is 2. The Kier molecular flexibility index (Phi) is 7.21. The minimum Gasteiger partial charge on any atom is -0.497 e. The zero-order chi connectivity index (χ0) is 26.9. The smallest absolute Gasteiger partial charge is 0.339 e. The van der Waals surface area contributed by atoms with Gasteiger partial charge in [-0.05, 0) is 67.2 Å². The predicted molar refractivity (Wildman–Crippen MR) is 146 cm³/mol. The van der Waals surface area contributed by atoms with Crippen molar-refractivity contribution in [2.45, 2.75) is 32.2 Å². The fourth-order valence-corrected chi connectivity index (χ4v) is 7.09. The molecule has 0 bridgehead atoms. The van der Waals surface area contributed by atoms with E-state index in [2.05, 4.69) is 6.08 Å². The van der Waals surface area contributed by atoms with E-state index in [1.807, 2.05) is 48.5 Å². The van der Waals surface area contributed by atoms with Crippen molar-refractivity contribution in [1.82, 2.24) is 9.88 Å². The maximum atomic E-state index is 13.4. The van der Waals surface area contributed by atoms with Crippen molar-refractivity contribution in [3.8, 4) is 5.75 Å². The van der Waals surface area contributed by atoms with Gasteiger partial charge < -0.3 is 14.4 Å². The molecule has 0 radical (unpaired) electrons. The Morgan fingerprint density at radius 2 is 1.87 bits per heavy atom. The van der Waals surface area contributed by atoms with Gasteiger partial charge in [0.2, 0.25) is 0 Å². The Balaban J connectivity index is 1.42. The minimum atomic E-state index is -3.14. The Labute approximate surface area is 222 Å². The standard InChI is InChI=1S/C29H30N2O6S/c1-3-31(21-14-15-38(34,35)18-21)26(32)17-37-29(33)27-23-6-4-5-7-25(23)30-28-20(10-13-24(27)28)16-19-8-11-22(36-2)12-9-19/h4-9,11-12,16,21H,3,10,13-15,17-18H2,1-2H3. The largest absolute Gasteiger partial charge is 0.497 e. The van der Waals surface area contributed by atoms with Crippen molar-refractivity contribution >= 4 is 44.3 Å². The number of ether oxygens (including phenoxy) is 2. The summed E-state index contributed by atoms with van der Waals surface area (Å²) in [5, 5.41) is 0.684. The van der Waals surface area contributed by atoms with Crippen LogP contribution in [0.15, 0.2) is 48.5 Å². The summed E-state index contributed by atoms with van der Waals surface area (Å²) >= 11 is 0. The molecular weight excluding hydrogens is 504 g/mol. The highest BCUT2D eigenvalue weighted by molar-refractivity contribution is 7.91. The van der Waals surface area contributed by atoms with Gasteiger partial charge in [0.1, 0.15) is 5.75 Å². The molecule has 1 fully saturated rings. The van der Waals surface area contributed by atoms with Crippen LogP contribution < -0.4 is 4.74 Å². The molecule has 1 atom stereocenters. The van der Waals surface area contributed by atoms with Gasteiger partial charge in [0.25, 0.3) is 5.91 Å². The molecule has 9 heteroatoms. The van der Waals surface area contributed by atoms with E-state index in [-0.39, 0.29) is 17.5 Å². The molecule has 2 heterocycles.